The smallest absolute Gasteiger partial charge is 0.193 e. The van der Waals surface area contributed by atoms with Crippen molar-refractivity contribution >= 4 is 16.6 Å². The Labute approximate surface area is 184 Å². The van der Waals surface area contributed by atoms with Gasteiger partial charge < -0.3 is 13.6 Å². The number of ether oxygens (including phenoxy) is 1. The number of hydrogen-bond donors (Lipinski definition) is 0. The second-order valence-corrected chi connectivity index (χ2v) is 20.8. The van der Waals surface area contributed by atoms with E-state index in [1.165, 1.54) is 0 Å². The lowest BCUT2D eigenvalue weighted by atomic mass is 9.96. The Hall–Kier alpha value is -0.386. The van der Waals surface area contributed by atoms with Crippen LogP contribution >= 0.6 is 0 Å². The molecule has 0 aromatic carbocycles. The lowest BCUT2D eigenvalue weighted by Gasteiger charge is -2.41. The molecule has 0 aliphatic rings. The topological polar surface area (TPSA) is 27.7 Å². The highest BCUT2D eigenvalue weighted by Crippen LogP contribution is 2.39. The highest BCUT2D eigenvalue weighted by molar-refractivity contribution is 6.74. The van der Waals surface area contributed by atoms with E-state index >= 15 is 0 Å². The zero-order chi connectivity index (χ0) is 23.1. The molecule has 5 heteroatoms. The highest BCUT2D eigenvalue weighted by atomic mass is 28.4. The van der Waals surface area contributed by atoms with Crippen molar-refractivity contribution in [1.29, 1.82) is 0 Å². The Morgan fingerprint density at radius 1 is 0.966 bits per heavy atom. The average molecular weight is 441 g/mol. The fraction of sp³-hybridized carbons (Fsp3) is 0.833. The second kappa shape index (κ2) is 11.3. The molecule has 0 radical (unpaired) electrons. The molecular formula is C24H48O3Si2. The van der Waals surface area contributed by atoms with Gasteiger partial charge in [0.2, 0.25) is 0 Å². The maximum Gasteiger partial charge on any atom is 0.193 e. The quantitative estimate of drug-likeness (QED) is 0.141. The number of terminal acetylenes is 1. The summed E-state index contributed by atoms with van der Waals surface area (Å²) in [7, 11) is -3.66. The third-order valence-electron chi connectivity index (χ3n) is 6.66. The molecule has 0 aliphatic carbocycles. The van der Waals surface area contributed by atoms with Crippen LogP contribution in [0.15, 0.2) is 12.7 Å². The van der Waals surface area contributed by atoms with E-state index in [1.807, 2.05) is 6.08 Å². The molecule has 0 aromatic heterocycles. The third kappa shape index (κ3) is 9.10. The molecule has 3 atom stereocenters. The van der Waals surface area contributed by atoms with Crippen LogP contribution in [0, 0.1) is 18.3 Å². The first-order valence-electron chi connectivity index (χ1n) is 11.0. The molecular weight excluding hydrogens is 392 g/mol. The van der Waals surface area contributed by atoms with Crippen LogP contribution in [0.1, 0.15) is 61.3 Å². The average Bonchev–Trinajstić information content (AvgIpc) is 2.54. The van der Waals surface area contributed by atoms with Gasteiger partial charge >= 0.3 is 0 Å². The second-order valence-electron chi connectivity index (χ2n) is 11.3. The maximum absolute atomic E-state index is 6.64. The summed E-state index contributed by atoms with van der Waals surface area (Å²) in [5, 5.41) is 0.355. The highest BCUT2D eigenvalue weighted by Gasteiger charge is 2.41. The molecule has 0 saturated carbocycles. The molecule has 0 rings (SSSR count). The predicted octanol–water partition coefficient (Wildman–Crippen LogP) is 7.02. The number of rotatable bonds is 12. The van der Waals surface area contributed by atoms with E-state index < -0.39 is 16.6 Å². The van der Waals surface area contributed by atoms with Gasteiger partial charge in [-0.2, -0.15) is 0 Å². The zero-order valence-corrected chi connectivity index (χ0v) is 23.1. The van der Waals surface area contributed by atoms with E-state index in [0.29, 0.717) is 13.0 Å². The summed E-state index contributed by atoms with van der Waals surface area (Å²) >= 11 is 0. The van der Waals surface area contributed by atoms with Gasteiger partial charge in [0.25, 0.3) is 0 Å². The van der Waals surface area contributed by atoms with E-state index in [0.717, 1.165) is 13.0 Å². The standard InChI is InChI=1S/C24H48O3Si2/c1-14-17-20(3)22(21(15-2)27-29(12,13)24(7,8)9)25-18-16-19-26-28(10,11)23(4,5)6/h1,15,20-22H,2,16-19H2,3-13H3/t20-,21-,22+/m1/s1. The molecule has 0 fully saturated rings. The van der Waals surface area contributed by atoms with Gasteiger partial charge in [-0.15, -0.1) is 18.9 Å². The minimum atomic E-state index is -1.94. The Morgan fingerprint density at radius 2 is 1.48 bits per heavy atom. The van der Waals surface area contributed by atoms with Crippen LogP contribution in [0.4, 0.5) is 0 Å². The van der Waals surface area contributed by atoms with Crippen LogP contribution in [-0.2, 0) is 13.6 Å². The Kier molecular flexibility index (Phi) is 11.1. The molecule has 0 bridgehead atoms. The molecule has 3 nitrogen and oxygen atoms in total. The fourth-order valence-electron chi connectivity index (χ4n) is 2.47. The van der Waals surface area contributed by atoms with Crippen LogP contribution in [0.3, 0.4) is 0 Å². The van der Waals surface area contributed by atoms with Crippen LogP contribution in [0.25, 0.3) is 0 Å². The van der Waals surface area contributed by atoms with Crippen molar-refractivity contribution in [2.45, 2.75) is 110 Å². The molecule has 0 aliphatic heterocycles. The minimum Gasteiger partial charge on any atom is -0.417 e. The van der Waals surface area contributed by atoms with Crippen molar-refractivity contribution in [3.8, 4) is 12.3 Å². The zero-order valence-electron chi connectivity index (χ0n) is 21.1. The summed E-state index contributed by atoms with van der Waals surface area (Å²) in [4.78, 5) is 0. The number of hydrogen-bond acceptors (Lipinski definition) is 3. The van der Waals surface area contributed by atoms with Crippen LogP contribution in [0.5, 0.6) is 0 Å². The molecule has 0 heterocycles. The summed E-state index contributed by atoms with van der Waals surface area (Å²) in [6, 6.07) is 0. The van der Waals surface area contributed by atoms with Gasteiger partial charge in [0, 0.05) is 19.6 Å². The minimum absolute atomic E-state index is 0.0921. The van der Waals surface area contributed by atoms with Gasteiger partial charge in [0.15, 0.2) is 16.6 Å². The lowest BCUT2D eigenvalue weighted by molar-refractivity contribution is -0.0441. The molecule has 0 saturated heterocycles. The summed E-state index contributed by atoms with van der Waals surface area (Å²) in [5.41, 5.74) is 0. The van der Waals surface area contributed by atoms with Crippen LogP contribution in [-0.4, -0.2) is 42.1 Å². The van der Waals surface area contributed by atoms with Crippen molar-refractivity contribution in [1.82, 2.24) is 0 Å². The first kappa shape index (κ1) is 28.6. The summed E-state index contributed by atoms with van der Waals surface area (Å²) in [6.45, 7) is 30.2. The Balaban J connectivity index is 5.03. The molecule has 0 spiro atoms. The van der Waals surface area contributed by atoms with Crippen molar-refractivity contribution in [2.24, 2.45) is 5.92 Å². The van der Waals surface area contributed by atoms with E-state index in [4.69, 9.17) is 20.0 Å². The molecule has 0 unspecified atom stereocenters. The first-order chi connectivity index (χ1) is 13.0. The van der Waals surface area contributed by atoms with Gasteiger partial charge in [0.05, 0.1) is 12.2 Å². The molecule has 0 N–H and O–H groups in total. The van der Waals surface area contributed by atoms with Crippen molar-refractivity contribution in [2.75, 3.05) is 13.2 Å². The first-order valence-corrected chi connectivity index (χ1v) is 16.8. The molecule has 29 heavy (non-hydrogen) atoms. The van der Waals surface area contributed by atoms with Gasteiger partial charge in [-0.1, -0.05) is 54.5 Å². The Bertz CT molecular complexity index is 536. The van der Waals surface area contributed by atoms with E-state index in [9.17, 15) is 0 Å². The summed E-state index contributed by atoms with van der Waals surface area (Å²) < 4.78 is 19.3. The summed E-state index contributed by atoms with van der Waals surface area (Å²) in [6.07, 6.45) is 8.77. The summed E-state index contributed by atoms with van der Waals surface area (Å²) in [5.74, 6) is 2.98. The maximum atomic E-state index is 6.64. The molecule has 170 valence electrons. The normalized spacial score (nSPS) is 16.8. The largest absolute Gasteiger partial charge is 0.417 e. The van der Waals surface area contributed by atoms with Crippen molar-refractivity contribution < 1.29 is 13.6 Å². The monoisotopic (exact) mass is 440 g/mol. The fourth-order valence-corrected chi connectivity index (χ4v) is 4.83. The lowest BCUT2D eigenvalue weighted by Crippen LogP contribution is -2.48. The third-order valence-corrected chi connectivity index (χ3v) is 15.7. The van der Waals surface area contributed by atoms with E-state index in [1.54, 1.807) is 0 Å². The van der Waals surface area contributed by atoms with Crippen LogP contribution < -0.4 is 0 Å². The van der Waals surface area contributed by atoms with Gasteiger partial charge in [-0.25, -0.2) is 0 Å². The van der Waals surface area contributed by atoms with E-state index in [-0.39, 0.29) is 28.2 Å². The predicted molar refractivity (Wildman–Crippen MR) is 132 cm³/mol. The van der Waals surface area contributed by atoms with Crippen LogP contribution in [0.2, 0.25) is 36.3 Å². The van der Waals surface area contributed by atoms with Gasteiger partial charge in [-0.05, 0) is 48.6 Å². The Morgan fingerprint density at radius 3 is 1.90 bits per heavy atom. The van der Waals surface area contributed by atoms with Crippen molar-refractivity contribution in [3.05, 3.63) is 12.7 Å². The SMILES string of the molecule is C#CC[C@@H](C)[C@H](OCCCO[Si](C)(C)C(C)(C)C)[C@@H](C=C)O[Si](C)(C)C(C)(C)C. The van der Waals surface area contributed by atoms with Gasteiger partial charge in [0.1, 0.15) is 0 Å². The molecule has 0 aromatic rings. The van der Waals surface area contributed by atoms with E-state index in [2.05, 4.69) is 87.2 Å². The van der Waals surface area contributed by atoms with Gasteiger partial charge in [-0.3, -0.25) is 0 Å². The molecule has 0 amide bonds. The van der Waals surface area contributed by atoms with Crippen molar-refractivity contribution in [3.63, 3.8) is 0 Å².